The maximum atomic E-state index is 12.7. The summed E-state index contributed by atoms with van der Waals surface area (Å²) in [5.41, 5.74) is 1.35. The van der Waals surface area contributed by atoms with Gasteiger partial charge in [-0.2, -0.15) is 0 Å². The Kier molecular flexibility index (Phi) is 7.03. The number of pyridine rings is 1. The Labute approximate surface area is 158 Å². The summed E-state index contributed by atoms with van der Waals surface area (Å²) in [7, 11) is 0. The lowest BCUT2D eigenvalue weighted by Crippen LogP contribution is -2.51. The maximum absolute atomic E-state index is 12.7. The van der Waals surface area contributed by atoms with Crippen LogP contribution in [0, 0.1) is 5.92 Å². The largest absolute Gasteiger partial charge is 0.343 e. The van der Waals surface area contributed by atoms with Gasteiger partial charge in [0.1, 0.15) is 0 Å². The third-order valence-electron chi connectivity index (χ3n) is 6.11. The first-order chi connectivity index (χ1) is 12.7. The summed E-state index contributed by atoms with van der Waals surface area (Å²) < 4.78 is 0. The smallest absolute Gasteiger partial charge is 0.226 e. The van der Waals surface area contributed by atoms with E-state index in [4.69, 9.17) is 0 Å². The average Bonchev–Trinajstić information content (AvgIpc) is 2.70. The molecule has 0 bridgehead atoms. The highest BCUT2D eigenvalue weighted by Crippen LogP contribution is 2.25. The van der Waals surface area contributed by atoms with Gasteiger partial charge in [0.25, 0.3) is 0 Å². The van der Waals surface area contributed by atoms with Crippen LogP contribution in [0.5, 0.6) is 0 Å². The number of piperidine rings is 2. The Balaban J connectivity index is 1.48. The van der Waals surface area contributed by atoms with E-state index in [1.807, 2.05) is 17.3 Å². The van der Waals surface area contributed by atoms with Gasteiger partial charge in [0, 0.05) is 44.6 Å². The van der Waals surface area contributed by atoms with Gasteiger partial charge >= 0.3 is 0 Å². The number of hydrogen-bond acceptors (Lipinski definition) is 4. The first kappa shape index (κ1) is 19.3. The van der Waals surface area contributed by atoms with E-state index in [1.54, 1.807) is 0 Å². The van der Waals surface area contributed by atoms with Gasteiger partial charge in [-0.15, -0.1) is 0 Å². The molecular weight excluding hydrogens is 324 g/mol. The molecule has 1 unspecified atom stereocenters. The Hall–Kier alpha value is -1.46. The summed E-state index contributed by atoms with van der Waals surface area (Å²) >= 11 is 0. The van der Waals surface area contributed by atoms with Crippen LogP contribution in [0.4, 0.5) is 0 Å². The van der Waals surface area contributed by atoms with Crippen molar-refractivity contribution in [2.75, 3.05) is 39.3 Å². The number of carbonyl (C=O) groups excluding carboxylic acids is 1. The predicted molar refractivity (Wildman–Crippen MR) is 105 cm³/mol. The molecule has 1 amide bonds. The zero-order valence-corrected chi connectivity index (χ0v) is 16.4. The first-order valence-corrected chi connectivity index (χ1v) is 10.3. The van der Waals surface area contributed by atoms with Gasteiger partial charge < -0.3 is 4.90 Å². The molecule has 2 aliphatic heterocycles. The Morgan fingerprint density at radius 1 is 1.12 bits per heavy atom. The molecule has 0 N–H and O–H groups in total. The van der Waals surface area contributed by atoms with Crippen molar-refractivity contribution in [1.82, 2.24) is 19.7 Å². The van der Waals surface area contributed by atoms with Crippen molar-refractivity contribution in [2.45, 2.75) is 52.1 Å². The molecule has 0 saturated carbocycles. The van der Waals surface area contributed by atoms with E-state index in [9.17, 15) is 4.79 Å². The standard InChI is InChI=1S/C21H34N4O/c1-3-24(4-2)21(26)19-6-5-13-25(17-19)20-9-14-23(15-10-20)16-18-7-11-22-12-8-18/h7-8,11-12,19-20H,3-6,9-10,13-17H2,1-2H3. The SMILES string of the molecule is CCN(CC)C(=O)C1CCCN(C2CCN(Cc3ccncc3)CC2)C1. The van der Waals surface area contributed by atoms with Gasteiger partial charge in [-0.3, -0.25) is 19.6 Å². The number of rotatable bonds is 6. The zero-order valence-electron chi connectivity index (χ0n) is 16.4. The molecule has 5 heteroatoms. The fourth-order valence-electron chi connectivity index (χ4n) is 4.52. The molecule has 0 spiro atoms. The van der Waals surface area contributed by atoms with Gasteiger partial charge in [0.2, 0.25) is 5.91 Å². The van der Waals surface area contributed by atoms with Crippen LogP contribution in [0.1, 0.15) is 45.1 Å². The second kappa shape index (κ2) is 9.47. The van der Waals surface area contributed by atoms with Crippen LogP contribution < -0.4 is 0 Å². The molecule has 1 aromatic heterocycles. The quantitative estimate of drug-likeness (QED) is 0.784. The third kappa shape index (κ3) is 4.83. The van der Waals surface area contributed by atoms with Crippen molar-refractivity contribution in [3.8, 4) is 0 Å². The second-order valence-electron chi connectivity index (χ2n) is 7.71. The van der Waals surface area contributed by atoms with Crippen molar-refractivity contribution in [1.29, 1.82) is 0 Å². The van der Waals surface area contributed by atoms with Crippen LogP contribution in [0.2, 0.25) is 0 Å². The predicted octanol–water partition coefficient (Wildman–Crippen LogP) is 2.63. The minimum absolute atomic E-state index is 0.207. The highest BCUT2D eigenvalue weighted by Gasteiger charge is 2.32. The van der Waals surface area contributed by atoms with E-state index in [0.717, 1.165) is 58.7 Å². The van der Waals surface area contributed by atoms with Gasteiger partial charge in [-0.05, 0) is 76.9 Å². The maximum Gasteiger partial charge on any atom is 0.226 e. The number of amides is 1. The summed E-state index contributed by atoms with van der Waals surface area (Å²) in [6, 6.07) is 4.87. The molecule has 0 radical (unpaired) electrons. The van der Waals surface area contributed by atoms with E-state index in [2.05, 4.69) is 40.8 Å². The number of aromatic nitrogens is 1. The van der Waals surface area contributed by atoms with Gasteiger partial charge in [-0.1, -0.05) is 0 Å². The minimum atomic E-state index is 0.207. The molecular formula is C21H34N4O. The molecule has 5 nitrogen and oxygen atoms in total. The molecule has 1 aromatic rings. The first-order valence-electron chi connectivity index (χ1n) is 10.3. The van der Waals surface area contributed by atoms with Crippen LogP contribution in [0.3, 0.4) is 0 Å². The molecule has 26 heavy (non-hydrogen) atoms. The van der Waals surface area contributed by atoms with Crippen molar-refractivity contribution >= 4 is 5.91 Å². The number of carbonyl (C=O) groups is 1. The van der Waals surface area contributed by atoms with Gasteiger partial charge in [-0.25, -0.2) is 0 Å². The van der Waals surface area contributed by atoms with Crippen molar-refractivity contribution < 1.29 is 4.79 Å². The molecule has 144 valence electrons. The molecule has 0 aliphatic carbocycles. The Morgan fingerprint density at radius 3 is 2.46 bits per heavy atom. The van der Waals surface area contributed by atoms with Crippen molar-refractivity contribution in [3.05, 3.63) is 30.1 Å². The van der Waals surface area contributed by atoms with E-state index >= 15 is 0 Å². The number of likely N-dealkylation sites (tertiary alicyclic amines) is 2. The van der Waals surface area contributed by atoms with Crippen molar-refractivity contribution in [2.24, 2.45) is 5.92 Å². The fourth-order valence-corrected chi connectivity index (χ4v) is 4.52. The lowest BCUT2D eigenvalue weighted by atomic mass is 9.92. The summed E-state index contributed by atoms with van der Waals surface area (Å²) in [5.74, 6) is 0.577. The summed E-state index contributed by atoms with van der Waals surface area (Å²) in [4.78, 5) is 24.0. The molecule has 2 fully saturated rings. The molecule has 0 aromatic carbocycles. The van der Waals surface area contributed by atoms with Crippen LogP contribution in [0.25, 0.3) is 0 Å². The average molecular weight is 359 g/mol. The van der Waals surface area contributed by atoms with Crippen LogP contribution >= 0.6 is 0 Å². The minimum Gasteiger partial charge on any atom is -0.343 e. The molecule has 2 aliphatic rings. The van der Waals surface area contributed by atoms with E-state index in [1.165, 1.54) is 18.4 Å². The fraction of sp³-hybridized carbons (Fsp3) is 0.714. The molecule has 1 atom stereocenters. The molecule has 2 saturated heterocycles. The molecule has 3 rings (SSSR count). The Bertz CT molecular complexity index is 552. The topological polar surface area (TPSA) is 39.7 Å². The lowest BCUT2D eigenvalue weighted by molar-refractivity contribution is -0.137. The molecule has 3 heterocycles. The zero-order chi connectivity index (χ0) is 18.4. The van der Waals surface area contributed by atoms with Crippen LogP contribution in [0.15, 0.2) is 24.5 Å². The third-order valence-corrected chi connectivity index (χ3v) is 6.11. The lowest BCUT2D eigenvalue weighted by Gasteiger charge is -2.42. The van der Waals surface area contributed by atoms with E-state index < -0.39 is 0 Å². The van der Waals surface area contributed by atoms with E-state index in [0.29, 0.717) is 11.9 Å². The van der Waals surface area contributed by atoms with Crippen LogP contribution in [-0.4, -0.2) is 70.9 Å². The normalized spacial score (nSPS) is 23.1. The summed E-state index contributed by atoms with van der Waals surface area (Å²) in [5, 5.41) is 0. The highest BCUT2D eigenvalue weighted by molar-refractivity contribution is 5.79. The second-order valence-corrected chi connectivity index (χ2v) is 7.71. The monoisotopic (exact) mass is 358 g/mol. The Morgan fingerprint density at radius 2 is 1.81 bits per heavy atom. The van der Waals surface area contributed by atoms with Gasteiger partial charge in [0.15, 0.2) is 0 Å². The van der Waals surface area contributed by atoms with Crippen LogP contribution in [-0.2, 0) is 11.3 Å². The number of hydrogen-bond donors (Lipinski definition) is 0. The summed E-state index contributed by atoms with van der Waals surface area (Å²) in [6.45, 7) is 11.3. The van der Waals surface area contributed by atoms with E-state index in [-0.39, 0.29) is 5.92 Å². The number of nitrogens with zero attached hydrogens (tertiary/aromatic N) is 4. The highest BCUT2D eigenvalue weighted by atomic mass is 16.2. The van der Waals surface area contributed by atoms with Gasteiger partial charge in [0.05, 0.1) is 5.92 Å². The summed E-state index contributed by atoms with van der Waals surface area (Å²) in [6.07, 6.45) is 8.42. The van der Waals surface area contributed by atoms with Crippen molar-refractivity contribution in [3.63, 3.8) is 0 Å².